The number of allylic oxidation sites excluding steroid dienone is 1. The molecule has 1 aromatic heterocycles. The highest BCUT2D eigenvalue weighted by atomic mass is 32.2. The maximum atomic E-state index is 13.6. The number of furan rings is 1. The molecule has 3 aromatic carbocycles. The SMILES string of the molecule is CCOC(=O)/C(O)=C/C(=O)c1cccc(CNC(=O)CNC(=O)CNS(=O)(=O)Cc2cc3oc(-c4ccc(F)cc4)c(C(=O)NC)c3cc2C2CC2)c1. The van der Waals surface area contributed by atoms with Crippen LogP contribution in [0.3, 0.4) is 0 Å². The molecule has 0 bridgehead atoms. The van der Waals surface area contributed by atoms with Crippen LogP contribution in [0.25, 0.3) is 22.3 Å². The lowest BCUT2D eigenvalue weighted by molar-refractivity contribution is -0.141. The number of carbonyl (C=O) groups excluding carboxylic acids is 5. The average molecular weight is 749 g/mol. The molecule has 278 valence electrons. The van der Waals surface area contributed by atoms with Gasteiger partial charge in [0.2, 0.25) is 27.6 Å². The van der Waals surface area contributed by atoms with Gasteiger partial charge in [-0.15, -0.1) is 0 Å². The Bertz CT molecular complexity index is 2210. The highest BCUT2D eigenvalue weighted by molar-refractivity contribution is 7.88. The number of aliphatic hydroxyl groups excluding tert-OH is 1. The molecule has 1 aliphatic rings. The molecule has 0 saturated heterocycles. The first-order valence-corrected chi connectivity index (χ1v) is 18.2. The highest BCUT2D eigenvalue weighted by Crippen LogP contribution is 2.45. The average Bonchev–Trinajstić information content (AvgIpc) is 3.92. The van der Waals surface area contributed by atoms with Crippen LogP contribution < -0.4 is 20.7 Å². The van der Waals surface area contributed by atoms with Crippen molar-refractivity contribution in [2.24, 2.45) is 0 Å². The van der Waals surface area contributed by atoms with E-state index in [1.165, 1.54) is 43.4 Å². The molecule has 0 atom stereocenters. The van der Waals surface area contributed by atoms with Gasteiger partial charge >= 0.3 is 5.97 Å². The van der Waals surface area contributed by atoms with Gasteiger partial charge in [0, 0.05) is 36.2 Å². The molecule has 1 saturated carbocycles. The van der Waals surface area contributed by atoms with Gasteiger partial charge in [-0.05, 0) is 84.8 Å². The lowest BCUT2D eigenvalue weighted by Gasteiger charge is -2.12. The molecule has 5 N–H and O–H groups in total. The van der Waals surface area contributed by atoms with E-state index >= 15 is 0 Å². The van der Waals surface area contributed by atoms with E-state index in [9.17, 15) is 41.9 Å². The summed E-state index contributed by atoms with van der Waals surface area (Å²) in [6.45, 7) is 0.461. The molecule has 16 heteroatoms. The number of hydrogen-bond acceptors (Lipinski definition) is 10. The van der Waals surface area contributed by atoms with E-state index in [0.717, 1.165) is 24.5 Å². The second kappa shape index (κ2) is 16.6. The number of ketones is 1. The molecule has 1 aliphatic carbocycles. The molecule has 1 heterocycles. The number of carbonyl (C=O) groups is 5. The minimum Gasteiger partial charge on any atom is -0.502 e. The fourth-order valence-corrected chi connectivity index (χ4v) is 6.61. The highest BCUT2D eigenvalue weighted by Gasteiger charge is 2.31. The van der Waals surface area contributed by atoms with Crippen molar-refractivity contribution in [2.45, 2.75) is 38.0 Å². The van der Waals surface area contributed by atoms with Crippen molar-refractivity contribution in [1.82, 2.24) is 20.7 Å². The Morgan fingerprint density at radius 1 is 0.981 bits per heavy atom. The summed E-state index contributed by atoms with van der Waals surface area (Å²) in [6.07, 6.45) is 2.40. The second-order valence-electron chi connectivity index (χ2n) is 12.2. The Morgan fingerprint density at radius 2 is 1.70 bits per heavy atom. The Labute approximate surface area is 303 Å². The first-order chi connectivity index (χ1) is 25.3. The molecular formula is C37H37FN4O10S. The lowest BCUT2D eigenvalue weighted by Crippen LogP contribution is -2.42. The van der Waals surface area contributed by atoms with Gasteiger partial charge < -0.3 is 30.2 Å². The standard InChI is InChI=1S/C37H37FN4O10S/c1-3-51-37(48)30(44)16-29(43)24-6-4-5-21(13-24)17-40-32(45)18-41-33(46)19-42-53(49,50)20-25-14-31-28(15-27(25)22-7-8-22)34(36(47)39-2)35(52-31)23-9-11-26(38)12-10-23/h4-6,9-16,22,42,44H,3,7-8,17-20H2,1-2H3,(H,39,47)(H,40,45)(H,41,46)/b30-16-. The number of rotatable bonds is 16. The fraction of sp³-hybridized carbons (Fsp3) is 0.270. The molecular weight excluding hydrogens is 711 g/mol. The number of esters is 1. The van der Waals surface area contributed by atoms with Gasteiger partial charge in [0.05, 0.1) is 31.0 Å². The van der Waals surface area contributed by atoms with Gasteiger partial charge in [0.1, 0.15) is 17.2 Å². The quantitative estimate of drug-likeness (QED) is 0.0487. The van der Waals surface area contributed by atoms with E-state index in [4.69, 9.17) is 4.42 Å². The van der Waals surface area contributed by atoms with Crippen LogP contribution in [0.15, 0.2) is 76.9 Å². The molecule has 0 aliphatic heterocycles. The molecule has 0 radical (unpaired) electrons. The van der Waals surface area contributed by atoms with Crippen LogP contribution in [0, 0.1) is 5.82 Å². The van der Waals surface area contributed by atoms with Crippen molar-refractivity contribution in [2.75, 3.05) is 26.7 Å². The molecule has 1 fully saturated rings. The van der Waals surface area contributed by atoms with E-state index in [0.29, 0.717) is 22.1 Å². The third-order valence-electron chi connectivity index (χ3n) is 8.23. The summed E-state index contributed by atoms with van der Waals surface area (Å²) in [4.78, 5) is 61.8. The Kier molecular flexibility index (Phi) is 12.0. The van der Waals surface area contributed by atoms with Crippen molar-refractivity contribution in [1.29, 1.82) is 0 Å². The summed E-state index contributed by atoms with van der Waals surface area (Å²) >= 11 is 0. The normalized spacial score (nSPS) is 13.0. The van der Waals surface area contributed by atoms with Crippen LogP contribution in [0.2, 0.25) is 0 Å². The lowest BCUT2D eigenvalue weighted by atomic mass is 9.98. The number of aliphatic hydroxyl groups is 1. The van der Waals surface area contributed by atoms with Gasteiger partial charge in [-0.2, -0.15) is 0 Å². The van der Waals surface area contributed by atoms with Gasteiger partial charge in [-0.25, -0.2) is 22.3 Å². The monoisotopic (exact) mass is 748 g/mol. The fourth-order valence-electron chi connectivity index (χ4n) is 5.50. The van der Waals surface area contributed by atoms with E-state index in [1.54, 1.807) is 31.2 Å². The van der Waals surface area contributed by atoms with Crippen molar-refractivity contribution >= 4 is 50.5 Å². The summed E-state index contributed by atoms with van der Waals surface area (Å²) < 4.78 is 52.9. The van der Waals surface area contributed by atoms with Crippen LogP contribution >= 0.6 is 0 Å². The largest absolute Gasteiger partial charge is 0.502 e. The van der Waals surface area contributed by atoms with E-state index in [-0.39, 0.29) is 41.5 Å². The maximum Gasteiger partial charge on any atom is 0.373 e. The molecule has 0 unspecified atom stereocenters. The molecule has 14 nitrogen and oxygen atoms in total. The number of sulfonamides is 1. The third kappa shape index (κ3) is 9.93. The number of ether oxygens (including phenoxy) is 1. The smallest absolute Gasteiger partial charge is 0.373 e. The van der Waals surface area contributed by atoms with Crippen LogP contribution in [0.1, 0.15) is 63.1 Å². The van der Waals surface area contributed by atoms with Crippen LogP contribution in [0.5, 0.6) is 0 Å². The zero-order chi connectivity index (χ0) is 38.3. The summed E-state index contributed by atoms with van der Waals surface area (Å²) in [5, 5.41) is 17.7. The maximum absolute atomic E-state index is 13.6. The summed E-state index contributed by atoms with van der Waals surface area (Å²) in [7, 11) is -2.59. The second-order valence-corrected chi connectivity index (χ2v) is 14.0. The minimum atomic E-state index is -4.07. The first kappa shape index (κ1) is 38.4. The third-order valence-corrected chi connectivity index (χ3v) is 9.50. The Balaban J connectivity index is 1.17. The Morgan fingerprint density at radius 3 is 2.38 bits per heavy atom. The minimum absolute atomic E-state index is 0.0185. The number of hydrogen-bond donors (Lipinski definition) is 5. The van der Waals surface area contributed by atoms with Crippen molar-refractivity contribution in [3.05, 3.63) is 106 Å². The molecule has 0 spiro atoms. The van der Waals surface area contributed by atoms with Gasteiger partial charge in [0.25, 0.3) is 5.91 Å². The predicted octanol–water partition coefficient (Wildman–Crippen LogP) is 3.52. The molecule has 3 amide bonds. The zero-order valence-corrected chi connectivity index (χ0v) is 29.6. The molecule has 53 heavy (non-hydrogen) atoms. The molecule has 4 aromatic rings. The van der Waals surface area contributed by atoms with Crippen LogP contribution in [0.4, 0.5) is 4.39 Å². The number of fused-ring (bicyclic) bond motifs is 1. The summed E-state index contributed by atoms with van der Waals surface area (Å²) in [5.74, 6) is -4.95. The molecule has 5 rings (SSSR count). The van der Waals surface area contributed by atoms with Crippen LogP contribution in [-0.4, -0.2) is 69.7 Å². The van der Waals surface area contributed by atoms with Gasteiger partial charge in [-0.3, -0.25) is 19.2 Å². The van der Waals surface area contributed by atoms with E-state index in [1.807, 2.05) is 0 Å². The van der Waals surface area contributed by atoms with Gasteiger partial charge in [-0.1, -0.05) is 18.2 Å². The summed E-state index contributed by atoms with van der Waals surface area (Å²) in [6, 6.07) is 14.9. The van der Waals surface area contributed by atoms with E-state index in [2.05, 4.69) is 25.4 Å². The number of nitrogens with one attached hydrogen (secondary N) is 4. The van der Waals surface area contributed by atoms with Crippen LogP contribution in [-0.2, 0) is 41.4 Å². The van der Waals surface area contributed by atoms with E-state index < -0.39 is 69.9 Å². The predicted molar refractivity (Wildman–Crippen MR) is 191 cm³/mol. The zero-order valence-electron chi connectivity index (χ0n) is 28.8. The number of halogens is 1. The topological polar surface area (TPSA) is 210 Å². The van der Waals surface area contributed by atoms with Gasteiger partial charge in [0.15, 0.2) is 5.78 Å². The Hall–Kier alpha value is -5.87. The van der Waals surface area contributed by atoms with Crippen molar-refractivity contribution in [3.63, 3.8) is 0 Å². The van der Waals surface area contributed by atoms with Crippen molar-refractivity contribution in [3.8, 4) is 11.3 Å². The number of amides is 3. The van der Waals surface area contributed by atoms with Crippen molar-refractivity contribution < 1.29 is 51.0 Å². The summed E-state index contributed by atoms with van der Waals surface area (Å²) in [5.41, 5.74) is 2.81. The number of benzene rings is 3. The first-order valence-electron chi connectivity index (χ1n) is 16.6.